The number of anilines is 1. The highest BCUT2D eigenvalue weighted by Crippen LogP contribution is 2.39. The molecule has 1 heterocycles. The van der Waals surface area contributed by atoms with Crippen molar-refractivity contribution in [2.24, 2.45) is 0 Å². The maximum atomic E-state index is 12.3. The molecule has 1 unspecified atom stereocenters. The molecule has 1 aromatic rings. The smallest absolute Gasteiger partial charge is 0.217 e. The first-order valence-electron chi connectivity index (χ1n) is 6.01. The molecule has 2 rings (SSSR count). The average Bonchev–Trinajstić information content (AvgIpc) is 2.60. The molecule has 0 saturated carbocycles. The Balaban J connectivity index is 2.45. The zero-order valence-electron chi connectivity index (χ0n) is 10.3. The van der Waals surface area contributed by atoms with Crippen molar-refractivity contribution in [1.82, 2.24) is 0 Å². The summed E-state index contributed by atoms with van der Waals surface area (Å²) in [6.07, 6.45) is 4.33. The van der Waals surface area contributed by atoms with E-state index in [2.05, 4.69) is 13.2 Å². The molecule has 3 nitrogen and oxygen atoms in total. The number of hydrogen-bond donors (Lipinski definition) is 1. The number of carbonyl (C=O) groups is 1. The van der Waals surface area contributed by atoms with Gasteiger partial charge in [0.15, 0.2) is 0 Å². The topological polar surface area (TPSA) is 40.5 Å². The molecule has 0 aliphatic carbocycles. The fraction of sp³-hybridized carbons (Fsp3) is 0.267. The molecular weight excluding hydrogens is 226 g/mol. The van der Waals surface area contributed by atoms with Crippen LogP contribution in [0.15, 0.2) is 49.6 Å². The molecule has 0 radical (unpaired) electrons. The summed E-state index contributed by atoms with van der Waals surface area (Å²) in [4.78, 5) is 14.1. The maximum Gasteiger partial charge on any atom is 0.217 e. The molecule has 0 spiro atoms. The fourth-order valence-corrected chi connectivity index (χ4v) is 2.37. The largest absolute Gasteiger partial charge is 0.364 e. The van der Waals surface area contributed by atoms with Crippen LogP contribution in [0.4, 0.5) is 5.69 Å². The molecule has 0 amide bonds. The first kappa shape index (κ1) is 12.6. The van der Waals surface area contributed by atoms with Crippen LogP contribution in [0.3, 0.4) is 0 Å². The highest BCUT2D eigenvalue weighted by Gasteiger charge is 2.48. The number of benzene rings is 1. The Kier molecular flexibility index (Phi) is 3.34. The monoisotopic (exact) mass is 243 g/mol. The van der Waals surface area contributed by atoms with Crippen LogP contribution in [-0.4, -0.2) is 23.2 Å². The molecule has 0 bridgehead atoms. The van der Waals surface area contributed by atoms with Gasteiger partial charge in [-0.1, -0.05) is 24.3 Å². The molecular formula is C15H17NO2. The Labute approximate surface area is 107 Å². The van der Waals surface area contributed by atoms with E-state index in [1.54, 1.807) is 23.1 Å². The van der Waals surface area contributed by atoms with Crippen LogP contribution in [-0.2, 0) is 0 Å². The van der Waals surface area contributed by atoms with E-state index in [-0.39, 0.29) is 5.78 Å². The normalized spacial score (nSPS) is 21.8. The predicted molar refractivity (Wildman–Crippen MR) is 72.7 cm³/mol. The van der Waals surface area contributed by atoms with Crippen LogP contribution in [0.1, 0.15) is 23.2 Å². The van der Waals surface area contributed by atoms with Crippen molar-refractivity contribution in [3.05, 3.63) is 55.1 Å². The number of fused-ring (bicyclic) bond motifs is 1. The summed E-state index contributed by atoms with van der Waals surface area (Å²) < 4.78 is 0. The number of Topliss-reactive ketones (excluding diaryl/α,β-unsaturated/α-hetero) is 1. The van der Waals surface area contributed by atoms with Gasteiger partial charge in [-0.3, -0.25) is 4.79 Å². The zero-order valence-corrected chi connectivity index (χ0v) is 10.3. The van der Waals surface area contributed by atoms with Crippen LogP contribution >= 0.6 is 0 Å². The average molecular weight is 243 g/mol. The van der Waals surface area contributed by atoms with Gasteiger partial charge in [0.1, 0.15) is 0 Å². The van der Waals surface area contributed by atoms with Crippen molar-refractivity contribution in [1.29, 1.82) is 0 Å². The molecule has 0 saturated heterocycles. The number of para-hydroxylation sites is 1. The number of ketones is 1. The van der Waals surface area contributed by atoms with Crippen molar-refractivity contribution in [3.8, 4) is 0 Å². The van der Waals surface area contributed by atoms with Gasteiger partial charge in [-0.2, -0.15) is 0 Å². The van der Waals surface area contributed by atoms with Crippen molar-refractivity contribution in [2.45, 2.75) is 18.6 Å². The molecule has 3 heteroatoms. The highest BCUT2D eigenvalue weighted by atomic mass is 16.3. The van der Waals surface area contributed by atoms with Crippen LogP contribution < -0.4 is 4.90 Å². The molecule has 1 atom stereocenters. The van der Waals surface area contributed by atoms with E-state index in [1.807, 2.05) is 18.2 Å². The predicted octanol–water partition coefficient (Wildman–Crippen LogP) is 2.53. The third-order valence-electron chi connectivity index (χ3n) is 3.26. The second-order valence-corrected chi connectivity index (χ2v) is 4.39. The van der Waals surface area contributed by atoms with E-state index >= 15 is 0 Å². The minimum Gasteiger partial charge on any atom is -0.364 e. The first-order chi connectivity index (χ1) is 8.65. The molecule has 1 aromatic carbocycles. The van der Waals surface area contributed by atoms with E-state index in [0.29, 0.717) is 24.9 Å². The van der Waals surface area contributed by atoms with E-state index < -0.39 is 5.72 Å². The Morgan fingerprint density at radius 3 is 2.67 bits per heavy atom. The van der Waals surface area contributed by atoms with Gasteiger partial charge in [-0.05, 0) is 18.6 Å². The van der Waals surface area contributed by atoms with Crippen LogP contribution in [0, 0.1) is 0 Å². The summed E-state index contributed by atoms with van der Waals surface area (Å²) in [6.45, 7) is 7.76. The van der Waals surface area contributed by atoms with Gasteiger partial charge in [0, 0.05) is 18.5 Å². The summed E-state index contributed by atoms with van der Waals surface area (Å²) in [6, 6.07) is 7.27. The number of rotatable bonds is 5. The quantitative estimate of drug-likeness (QED) is 0.808. The van der Waals surface area contributed by atoms with Gasteiger partial charge < -0.3 is 10.0 Å². The van der Waals surface area contributed by atoms with Gasteiger partial charge in [0.2, 0.25) is 11.5 Å². The van der Waals surface area contributed by atoms with E-state index in [0.717, 1.165) is 5.69 Å². The summed E-state index contributed by atoms with van der Waals surface area (Å²) in [5.74, 6) is -0.234. The van der Waals surface area contributed by atoms with E-state index in [1.165, 1.54) is 0 Å². The standard InChI is InChI=1S/C15H17NO2/c1-3-5-10-15(18)14(17)12-8-6-7-9-13(12)16(15)11-4-2/h3-4,6-9,18H,1-2,5,10-11H2. The molecule has 1 aliphatic rings. The zero-order chi connectivity index (χ0) is 13.2. The van der Waals surface area contributed by atoms with Crippen LogP contribution in [0.5, 0.6) is 0 Å². The first-order valence-corrected chi connectivity index (χ1v) is 6.01. The van der Waals surface area contributed by atoms with Crippen molar-refractivity contribution < 1.29 is 9.90 Å². The van der Waals surface area contributed by atoms with Crippen molar-refractivity contribution in [3.63, 3.8) is 0 Å². The Bertz CT molecular complexity index is 495. The van der Waals surface area contributed by atoms with Crippen molar-refractivity contribution >= 4 is 11.5 Å². The third kappa shape index (κ3) is 1.77. The van der Waals surface area contributed by atoms with Crippen LogP contribution in [0.2, 0.25) is 0 Å². The number of allylic oxidation sites excluding steroid dienone is 1. The summed E-state index contributed by atoms with van der Waals surface area (Å²) >= 11 is 0. The lowest BCUT2D eigenvalue weighted by Crippen LogP contribution is -2.50. The summed E-state index contributed by atoms with van der Waals surface area (Å²) in [7, 11) is 0. The van der Waals surface area contributed by atoms with E-state index in [4.69, 9.17) is 0 Å². The lowest BCUT2D eigenvalue weighted by atomic mass is 10.00. The minimum atomic E-state index is -1.47. The van der Waals surface area contributed by atoms with Gasteiger partial charge in [0.25, 0.3) is 0 Å². The lowest BCUT2D eigenvalue weighted by molar-refractivity contribution is 0.0317. The minimum absolute atomic E-state index is 0.234. The summed E-state index contributed by atoms with van der Waals surface area (Å²) in [5, 5.41) is 10.7. The number of nitrogens with zero attached hydrogens (tertiary/aromatic N) is 1. The van der Waals surface area contributed by atoms with Gasteiger partial charge in [0.05, 0.1) is 5.69 Å². The van der Waals surface area contributed by atoms with Crippen LogP contribution in [0.25, 0.3) is 0 Å². The third-order valence-corrected chi connectivity index (χ3v) is 3.26. The number of hydrogen-bond acceptors (Lipinski definition) is 3. The number of aliphatic hydroxyl groups is 1. The lowest BCUT2D eigenvalue weighted by Gasteiger charge is -2.33. The highest BCUT2D eigenvalue weighted by molar-refractivity contribution is 6.12. The fourth-order valence-electron chi connectivity index (χ4n) is 2.37. The Morgan fingerprint density at radius 1 is 1.28 bits per heavy atom. The molecule has 94 valence electrons. The van der Waals surface area contributed by atoms with Gasteiger partial charge >= 0.3 is 0 Å². The van der Waals surface area contributed by atoms with Gasteiger partial charge in [-0.15, -0.1) is 13.2 Å². The van der Waals surface area contributed by atoms with Crippen molar-refractivity contribution in [2.75, 3.05) is 11.4 Å². The Morgan fingerprint density at radius 2 is 2.00 bits per heavy atom. The molecule has 0 fully saturated rings. The maximum absolute atomic E-state index is 12.3. The second-order valence-electron chi connectivity index (χ2n) is 4.39. The summed E-state index contributed by atoms with van der Waals surface area (Å²) in [5.41, 5.74) is -0.119. The van der Waals surface area contributed by atoms with Gasteiger partial charge in [-0.25, -0.2) is 0 Å². The Hall–Kier alpha value is -1.87. The molecule has 18 heavy (non-hydrogen) atoms. The number of carbonyl (C=O) groups excluding carboxylic acids is 1. The SMILES string of the molecule is C=CCCC1(O)C(=O)c2ccccc2N1CC=C. The molecule has 1 N–H and O–H groups in total. The van der Waals surface area contributed by atoms with E-state index in [9.17, 15) is 9.90 Å². The molecule has 1 aliphatic heterocycles. The molecule has 0 aromatic heterocycles. The second kappa shape index (κ2) is 4.78.